The van der Waals surface area contributed by atoms with Crippen LogP contribution < -0.4 is 0 Å². The van der Waals surface area contributed by atoms with Crippen LogP contribution in [0.2, 0.25) is 0 Å². The van der Waals surface area contributed by atoms with E-state index in [1.165, 1.54) is 11.8 Å². The molecule has 2 atom stereocenters. The molecule has 0 saturated carbocycles. The highest BCUT2D eigenvalue weighted by Crippen LogP contribution is 2.45. The first-order chi connectivity index (χ1) is 10.4. The van der Waals surface area contributed by atoms with Crippen LogP contribution in [0, 0.1) is 5.41 Å². The zero-order chi connectivity index (χ0) is 15.9. The number of thioether (sulfide) groups is 1. The van der Waals surface area contributed by atoms with Gasteiger partial charge in [0.2, 0.25) is 0 Å². The van der Waals surface area contributed by atoms with Gasteiger partial charge in [0.05, 0.1) is 10.7 Å². The van der Waals surface area contributed by atoms with E-state index in [1.54, 1.807) is 24.5 Å². The van der Waals surface area contributed by atoms with Gasteiger partial charge in [0.25, 0.3) is 0 Å². The summed E-state index contributed by atoms with van der Waals surface area (Å²) in [5, 5.41) is 12.4. The van der Waals surface area contributed by atoms with Crippen LogP contribution >= 0.6 is 23.1 Å². The molecular weight excluding hydrogens is 314 g/mol. The second-order valence-electron chi connectivity index (χ2n) is 6.31. The first-order valence-corrected chi connectivity index (χ1v) is 9.12. The van der Waals surface area contributed by atoms with Gasteiger partial charge in [-0.25, -0.2) is 4.98 Å². The van der Waals surface area contributed by atoms with Crippen molar-refractivity contribution in [3.8, 4) is 10.6 Å². The fourth-order valence-corrected chi connectivity index (χ4v) is 4.84. The summed E-state index contributed by atoms with van der Waals surface area (Å²) in [5.41, 5.74) is 2.20. The Morgan fingerprint density at radius 2 is 2.14 bits per heavy atom. The summed E-state index contributed by atoms with van der Waals surface area (Å²) in [4.78, 5) is 17.3. The molecule has 0 fully saturated rings. The molecule has 0 spiro atoms. The van der Waals surface area contributed by atoms with Crippen molar-refractivity contribution in [3.05, 3.63) is 40.9 Å². The van der Waals surface area contributed by atoms with E-state index in [-0.39, 0.29) is 16.4 Å². The average Bonchev–Trinajstić information content (AvgIpc) is 2.96. The number of hydrogen-bond acceptors (Lipinski definition) is 5. The number of aliphatic hydroxyl groups excluding tert-OH is 1. The molecule has 0 saturated heterocycles. The molecule has 3 nitrogen and oxygen atoms in total. The minimum absolute atomic E-state index is 0.121. The van der Waals surface area contributed by atoms with E-state index in [0.29, 0.717) is 0 Å². The van der Waals surface area contributed by atoms with Crippen molar-refractivity contribution in [2.24, 2.45) is 5.41 Å². The smallest absolute Gasteiger partial charge is 0.176 e. The standard InChI is InChI=1S/C17H19NO2S2/c1-10(19)22-15-14(20)11-5-4-6-12(16-18-7-8-21-16)13(11)9-17(15,2)3/h4-8,10,15,19H,9H2,1-3H3. The van der Waals surface area contributed by atoms with Crippen LogP contribution in [0.3, 0.4) is 0 Å². The highest BCUT2D eigenvalue weighted by Gasteiger charge is 2.43. The minimum atomic E-state index is -0.545. The van der Waals surface area contributed by atoms with Crippen molar-refractivity contribution in [1.29, 1.82) is 0 Å². The lowest BCUT2D eigenvalue weighted by Crippen LogP contribution is -2.41. The van der Waals surface area contributed by atoms with Gasteiger partial charge in [-0.1, -0.05) is 32.0 Å². The summed E-state index contributed by atoms with van der Waals surface area (Å²) in [7, 11) is 0. The molecule has 0 aliphatic heterocycles. The second kappa shape index (κ2) is 5.80. The van der Waals surface area contributed by atoms with E-state index in [9.17, 15) is 9.90 Å². The van der Waals surface area contributed by atoms with E-state index >= 15 is 0 Å². The summed E-state index contributed by atoms with van der Waals surface area (Å²) < 4.78 is 0. The van der Waals surface area contributed by atoms with Crippen LogP contribution in [-0.2, 0) is 6.42 Å². The van der Waals surface area contributed by atoms with Gasteiger partial charge in [-0.2, -0.15) is 0 Å². The third-order valence-electron chi connectivity index (χ3n) is 4.02. The number of aliphatic hydroxyl groups is 1. The molecule has 2 unspecified atom stereocenters. The van der Waals surface area contributed by atoms with Gasteiger partial charge in [-0.05, 0) is 24.3 Å². The SMILES string of the molecule is CC(O)SC1C(=O)c2cccc(-c3nccs3)c2CC1(C)C. The Labute approximate surface area is 138 Å². The quantitative estimate of drug-likeness (QED) is 0.862. The van der Waals surface area contributed by atoms with E-state index in [4.69, 9.17) is 0 Å². The largest absolute Gasteiger partial charge is 0.383 e. The number of carbonyl (C=O) groups is 1. The molecule has 1 N–H and O–H groups in total. The van der Waals surface area contributed by atoms with Crippen LogP contribution in [0.1, 0.15) is 36.7 Å². The van der Waals surface area contributed by atoms with Crippen LogP contribution in [0.5, 0.6) is 0 Å². The molecule has 0 amide bonds. The summed E-state index contributed by atoms with van der Waals surface area (Å²) in [6.07, 6.45) is 2.61. The molecule has 2 aromatic rings. The molecule has 22 heavy (non-hydrogen) atoms. The third-order valence-corrected chi connectivity index (χ3v) is 6.34. The van der Waals surface area contributed by atoms with E-state index < -0.39 is 5.44 Å². The van der Waals surface area contributed by atoms with Crippen LogP contribution in [0.4, 0.5) is 0 Å². The molecule has 1 heterocycles. The third kappa shape index (κ3) is 2.73. The fraction of sp³-hybridized carbons (Fsp3) is 0.412. The molecule has 1 aliphatic rings. The Hall–Kier alpha value is -1.17. The number of rotatable bonds is 3. The maximum atomic E-state index is 12.9. The first kappa shape index (κ1) is 15.7. The van der Waals surface area contributed by atoms with Gasteiger partial charge < -0.3 is 5.11 Å². The topological polar surface area (TPSA) is 50.2 Å². The number of nitrogens with zero attached hydrogens (tertiary/aromatic N) is 1. The van der Waals surface area contributed by atoms with Crippen LogP contribution in [0.25, 0.3) is 10.6 Å². The lowest BCUT2D eigenvalue weighted by Gasteiger charge is -2.39. The summed E-state index contributed by atoms with van der Waals surface area (Å²) in [6, 6.07) is 5.87. The zero-order valence-electron chi connectivity index (χ0n) is 12.9. The van der Waals surface area contributed by atoms with Gasteiger partial charge in [0.15, 0.2) is 5.78 Å². The number of carbonyl (C=O) groups excluding carboxylic acids is 1. The molecule has 0 radical (unpaired) electrons. The fourth-order valence-electron chi connectivity index (χ4n) is 3.05. The van der Waals surface area contributed by atoms with Crippen molar-refractivity contribution in [3.63, 3.8) is 0 Å². The highest BCUT2D eigenvalue weighted by atomic mass is 32.2. The summed E-state index contributed by atoms with van der Waals surface area (Å²) >= 11 is 2.94. The number of hydrogen-bond donors (Lipinski definition) is 1. The van der Waals surface area contributed by atoms with Crippen molar-refractivity contribution < 1.29 is 9.90 Å². The molecule has 5 heteroatoms. The van der Waals surface area contributed by atoms with Gasteiger partial charge in [-0.3, -0.25) is 4.79 Å². The number of ketones is 1. The number of Topliss-reactive ketones (excluding diaryl/α,β-unsaturated/α-hetero) is 1. The summed E-state index contributed by atoms with van der Waals surface area (Å²) in [5.74, 6) is 0.121. The maximum Gasteiger partial charge on any atom is 0.176 e. The number of aromatic nitrogens is 1. The van der Waals surface area contributed by atoms with Crippen LogP contribution in [0.15, 0.2) is 29.8 Å². The van der Waals surface area contributed by atoms with Gasteiger partial charge in [-0.15, -0.1) is 23.1 Å². The lowest BCUT2D eigenvalue weighted by atomic mass is 9.72. The van der Waals surface area contributed by atoms with Crippen molar-refractivity contribution >= 4 is 28.9 Å². The van der Waals surface area contributed by atoms with Gasteiger partial charge in [0, 0.05) is 22.7 Å². The molecule has 1 aromatic heterocycles. The molecule has 1 aliphatic carbocycles. The van der Waals surface area contributed by atoms with E-state index in [1.807, 2.05) is 23.6 Å². The predicted molar refractivity (Wildman–Crippen MR) is 92.4 cm³/mol. The number of thiazole rings is 1. The Morgan fingerprint density at radius 1 is 1.41 bits per heavy atom. The maximum absolute atomic E-state index is 12.9. The number of benzene rings is 1. The normalized spacial score (nSPS) is 21.5. The zero-order valence-corrected chi connectivity index (χ0v) is 14.5. The van der Waals surface area contributed by atoms with Crippen molar-refractivity contribution in [1.82, 2.24) is 4.98 Å². The molecule has 0 bridgehead atoms. The molecular formula is C17H19NO2S2. The Balaban J connectivity index is 2.10. The molecule has 116 valence electrons. The van der Waals surface area contributed by atoms with Crippen LogP contribution in [-0.4, -0.2) is 26.6 Å². The Bertz CT molecular complexity index is 693. The first-order valence-electron chi connectivity index (χ1n) is 7.29. The van der Waals surface area contributed by atoms with Crippen molar-refractivity contribution in [2.45, 2.75) is 37.9 Å². The second-order valence-corrected chi connectivity index (χ2v) is 8.63. The van der Waals surface area contributed by atoms with Crippen molar-refractivity contribution in [2.75, 3.05) is 0 Å². The Morgan fingerprint density at radius 3 is 2.77 bits per heavy atom. The van der Waals surface area contributed by atoms with Gasteiger partial charge >= 0.3 is 0 Å². The summed E-state index contributed by atoms with van der Waals surface area (Å²) in [6.45, 7) is 5.93. The minimum Gasteiger partial charge on any atom is -0.383 e. The van der Waals surface area contributed by atoms with Gasteiger partial charge in [0.1, 0.15) is 5.01 Å². The van der Waals surface area contributed by atoms with E-state index in [2.05, 4.69) is 18.8 Å². The Kier molecular flexibility index (Phi) is 4.14. The average molecular weight is 333 g/mol. The molecule has 3 rings (SSSR count). The van der Waals surface area contributed by atoms with E-state index in [0.717, 1.165) is 28.1 Å². The number of fused-ring (bicyclic) bond motifs is 1. The monoisotopic (exact) mass is 333 g/mol. The predicted octanol–water partition coefficient (Wildman–Crippen LogP) is 4.02. The molecule has 1 aromatic carbocycles. The highest BCUT2D eigenvalue weighted by molar-refractivity contribution is 8.01. The lowest BCUT2D eigenvalue weighted by molar-refractivity contribution is 0.0922.